The Kier molecular flexibility index (Phi) is 4.70. The van der Waals surface area contributed by atoms with Gasteiger partial charge < -0.3 is 15.1 Å². The molecule has 3 N–H and O–H groups in total. The fraction of sp³-hybridized carbons (Fsp3) is 0.211. The topological polar surface area (TPSA) is 128 Å². The largest absolute Gasteiger partial charge is 0.432 e. The lowest BCUT2D eigenvalue weighted by Gasteiger charge is -2.40. The van der Waals surface area contributed by atoms with Crippen LogP contribution in [0.1, 0.15) is 23.2 Å². The minimum atomic E-state index is -3.64. The molecule has 1 aromatic heterocycles. The van der Waals surface area contributed by atoms with E-state index in [-0.39, 0.29) is 17.6 Å². The van der Waals surface area contributed by atoms with Crippen LogP contribution in [0.25, 0.3) is 11.1 Å². The zero-order valence-electron chi connectivity index (χ0n) is 16.1. The summed E-state index contributed by atoms with van der Waals surface area (Å²) >= 11 is 5.93. The quantitative estimate of drug-likeness (QED) is 0.566. The van der Waals surface area contributed by atoms with Gasteiger partial charge in [-0.05, 0) is 36.8 Å². The van der Waals surface area contributed by atoms with Crippen LogP contribution in [0.4, 0.5) is 5.69 Å². The van der Waals surface area contributed by atoms with E-state index in [1.54, 1.807) is 49.4 Å². The lowest BCUT2D eigenvalue weighted by atomic mass is 9.93. The maximum Gasteiger partial charge on any atom is 0.311 e. The van der Waals surface area contributed by atoms with Crippen LogP contribution < -0.4 is 10.6 Å². The van der Waals surface area contributed by atoms with E-state index in [9.17, 15) is 13.2 Å². The first kappa shape index (κ1) is 20.2. The van der Waals surface area contributed by atoms with Crippen molar-refractivity contribution in [3.8, 4) is 0 Å². The molecule has 1 fully saturated rings. The summed E-state index contributed by atoms with van der Waals surface area (Å²) in [5, 5.41) is 14.0. The lowest BCUT2D eigenvalue weighted by Crippen LogP contribution is -2.60. The Labute approximate surface area is 177 Å². The number of fused-ring (bicyclic) bond motifs is 1. The summed E-state index contributed by atoms with van der Waals surface area (Å²) in [6.07, 6.45) is 0. The Bertz CT molecular complexity index is 1290. The fourth-order valence-electron chi connectivity index (χ4n) is 3.25. The van der Waals surface area contributed by atoms with Crippen molar-refractivity contribution in [3.63, 3.8) is 0 Å². The van der Waals surface area contributed by atoms with Crippen molar-refractivity contribution in [2.45, 2.75) is 12.5 Å². The number of amides is 1. The minimum Gasteiger partial charge on any atom is -0.432 e. The zero-order chi connectivity index (χ0) is 21.7. The van der Waals surface area contributed by atoms with E-state index < -0.39 is 21.5 Å². The molecule has 3 aromatic rings. The number of sulfonamides is 1. The maximum atomic E-state index is 12.6. The average molecular weight is 448 g/mol. The van der Waals surface area contributed by atoms with Crippen molar-refractivity contribution in [3.05, 3.63) is 58.9 Å². The third-order valence-corrected chi connectivity index (χ3v) is 7.09. The Morgan fingerprint density at radius 2 is 2.10 bits per heavy atom. The van der Waals surface area contributed by atoms with E-state index in [1.807, 2.05) is 0 Å². The number of nitrogens with zero attached hydrogens (tertiary/aromatic N) is 2. The van der Waals surface area contributed by atoms with Gasteiger partial charge in [0.25, 0.3) is 5.89 Å². The SMILES string of the molecule is CN1C(=N)N[C@](C)(c2cccc(NC(=O)c3nc4ccc(Cl)cc4o3)c2)CS1(=O)=O. The molecular weight excluding hydrogens is 430 g/mol. The predicted molar refractivity (Wildman–Crippen MR) is 113 cm³/mol. The molecule has 4 rings (SSSR count). The first-order chi connectivity index (χ1) is 14.1. The van der Waals surface area contributed by atoms with Gasteiger partial charge in [-0.25, -0.2) is 17.7 Å². The smallest absolute Gasteiger partial charge is 0.311 e. The highest BCUT2D eigenvalue weighted by atomic mass is 35.5. The number of halogens is 1. The molecule has 156 valence electrons. The number of rotatable bonds is 3. The van der Waals surface area contributed by atoms with E-state index in [4.69, 9.17) is 21.4 Å². The van der Waals surface area contributed by atoms with E-state index >= 15 is 0 Å². The van der Waals surface area contributed by atoms with Crippen LogP contribution in [0, 0.1) is 5.41 Å². The average Bonchev–Trinajstić information content (AvgIpc) is 3.09. The van der Waals surface area contributed by atoms with Gasteiger partial charge in [-0.3, -0.25) is 10.2 Å². The second kappa shape index (κ2) is 6.99. The normalized spacial score (nSPS) is 20.8. The summed E-state index contributed by atoms with van der Waals surface area (Å²) in [5.41, 5.74) is 0.908. The summed E-state index contributed by atoms with van der Waals surface area (Å²) in [5.74, 6) is -1.13. The summed E-state index contributed by atoms with van der Waals surface area (Å²) in [7, 11) is -2.31. The number of benzene rings is 2. The zero-order valence-corrected chi connectivity index (χ0v) is 17.6. The highest BCUT2D eigenvalue weighted by Gasteiger charge is 2.41. The molecule has 0 unspecified atom stereocenters. The van der Waals surface area contributed by atoms with E-state index in [0.717, 1.165) is 4.31 Å². The van der Waals surface area contributed by atoms with Crippen LogP contribution in [0.2, 0.25) is 5.02 Å². The van der Waals surface area contributed by atoms with Crippen molar-refractivity contribution < 1.29 is 17.6 Å². The standard InChI is InChI=1S/C19H18ClN5O4S/c1-19(10-30(27,28)25(2)18(21)24-19)11-4-3-5-13(8-11)22-16(26)17-23-14-7-6-12(20)9-15(14)29-17/h3-9H,10H2,1-2H3,(H2,21,24)(H,22,26)/t19-/m0/s1. The van der Waals surface area contributed by atoms with E-state index in [1.165, 1.54) is 7.05 Å². The number of carbonyl (C=O) groups excluding carboxylic acids is 1. The van der Waals surface area contributed by atoms with Gasteiger partial charge >= 0.3 is 5.91 Å². The summed E-state index contributed by atoms with van der Waals surface area (Å²) in [6, 6.07) is 11.6. The minimum absolute atomic E-state index is 0.120. The fourth-order valence-corrected chi connectivity index (χ4v) is 4.90. The first-order valence-electron chi connectivity index (χ1n) is 8.89. The van der Waals surface area contributed by atoms with Gasteiger partial charge in [-0.15, -0.1) is 0 Å². The predicted octanol–water partition coefficient (Wildman–Crippen LogP) is 2.75. The number of hydrogen-bond acceptors (Lipinski definition) is 6. The third kappa shape index (κ3) is 3.59. The van der Waals surface area contributed by atoms with Crippen LogP contribution >= 0.6 is 11.6 Å². The highest BCUT2D eigenvalue weighted by Crippen LogP contribution is 2.29. The van der Waals surface area contributed by atoms with E-state index in [0.29, 0.717) is 27.4 Å². The number of nitrogens with one attached hydrogen (secondary N) is 3. The van der Waals surface area contributed by atoms with Gasteiger partial charge in [0, 0.05) is 23.8 Å². The van der Waals surface area contributed by atoms with Crippen LogP contribution in [-0.2, 0) is 15.6 Å². The Balaban J connectivity index is 1.60. The van der Waals surface area contributed by atoms with Crippen molar-refractivity contribution >= 4 is 50.3 Å². The number of aromatic nitrogens is 1. The molecule has 0 bridgehead atoms. The molecule has 0 spiro atoms. The van der Waals surface area contributed by atoms with Gasteiger partial charge in [0.2, 0.25) is 16.0 Å². The summed E-state index contributed by atoms with van der Waals surface area (Å²) in [6.45, 7) is 1.69. The highest BCUT2D eigenvalue weighted by molar-refractivity contribution is 7.89. The van der Waals surface area contributed by atoms with Crippen LogP contribution in [0.3, 0.4) is 0 Å². The van der Waals surface area contributed by atoms with Crippen molar-refractivity contribution in [2.75, 3.05) is 18.1 Å². The Hall–Kier alpha value is -3.11. The summed E-state index contributed by atoms with van der Waals surface area (Å²) in [4.78, 5) is 16.7. The number of oxazole rings is 1. The molecule has 0 saturated carbocycles. The maximum absolute atomic E-state index is 12.6. The van der Waals surface area contributed by atoms with Gasteiger partial charge in [-0.2, -0.15) is 0 Å². The molecule has 1 atom stereocenters. The van der Waals surface area contributed by atoms with Gasteiger partial charge in [-0.1, -0.05) is 23.7 Å². The molecule has 2 heterocycles. The second-order valence-corrected chi connectivity index (χ2v) is 9.63. The van der Waals surface area contributed by atoms with Crippen molar-refractivity contribution in [1.29, 1.82) is 5.41 Å². The van der Waals surface area contributed by atoms with Crippen molar-refractivity contribution in [2.24, 2.45) is 0 Å². The number of anilines is 1. The van der Waals surface area contributed by atoms with Crippen LogP contribution in [0.15, 0.2) is 46.9 Å². The molecule has 1 aliphatic rings. The van der Waals surface area contributed by atoms with Gasteiger partial charge in [0.05, 0.1) is 11.3 Å². The third-order valence-electron chi connectivity index (χ3n) is 4.90. The number of hydrogen-bond donors (Lipinski definition) is 3. The second-order valence-electron chi connectivity index (χ2n) is 7.20. The molecule has 0 radical (unpaired) electrons. The first-order valence-corrected chi connectivity index (χ1v) is 10.9. The molecule has 1 aliphatic heterocycles. The van der Waals surface area contributed by atoms with Gasteiger partial charge in [0.1, 0.15) is 5.52 Å². The molecule has 30 heavy (non-hydrogen) atoms. The Morgan fingerprint density at radius 1 is 1.33 bits per heavy atom. The van der Waals surface area contributed by atoms with Crippen molar-refractivity contribution in [1.82, 2.24) is 14.6 Å². The number of carbonyl (C=O) groups is 1. The Morgan fingerprint density at radius 3 is 2.83 bits per heavy atom. The summed E-state index contributed by atoms with van der Waals surface area (Å²) < 4.78 is 31.1. The van der Waals surface area contributed by atoms with Crippen LogP contribution in [0.5, 0.6) is 0 Å². The van der Waals surface area contributed by atoms with E-state index in [2.05, 4.69) is 15.6 Å². The molecule has 2 aromatic carbocycles. The lowest BCUT2D eigenvalue weighted by molar-refractivity contribution is 0.0992. The van der Waals surface area contributed by atoms with Crippen LogP contribution in [-0.4, -0.2) is 42.4 Å². The number of guanidine groups is 1. The molecular formula is C19H18ClN5O4S. The molecule has 11 heteroatoms. The van der Waals surface area contributed by atoms with Gasteiger partial charge in [0.15, 0.2) is 5.58 Å². The monoisotopic (exact) mass is 447 g/mol. The molecule has 0 aliphatic carbocycles. The molecule has 1 saturated heterocycles. The molecule has 1 amide bonds. The molecule has 9 nitrogen and oxygen atoms in total.